The van der Waals surface area contributed by atoms with E-state index in [0.29, 0.717) is 54.7 Å². The number of amides is 2. The molecule has 43 heavy (non-hydrogen) atoms. The average molecular weight is 610 g/mol. The second-order valence-corrected chi connectivity index (χ2v) is 11.2. The number of nitrogens with zero attached hydrogens (tertiary/aromatic N) is 2. The Morgan fingerprint density at radius 2 is 1.95 bits per heavy atom. The lowest BCUT2D eigenvalue weighted by atomic mass is 9.93. The Bertz CT molecular complexity index is 1550. The number of halogens is 2. The molecule has 2 aliphatic heterocycles. The lowest BCUT2D eigenvalue weighted by Gasteiger charge is -2.38. The van der Waals surface area contributed by atoms with Gasteiger partial charge < -0.3 is 24.4 Å². The fourth-order valence-corrected chi connectivity index (χ4v) is 5.85. The summed E-state index contributed by atoms with van der Waals surface area (Å²) in [6.07, 6.45) is 2.47. The second kappa shape index (κ2) is 13.0. The van der Waals surface area contributed by atoms with Gasteiger partial charge in [-0.1, -0.05) is 37.1 Å². The van der Waals surface area contributed by atoms with E-state index >= 15 is 4.39 Å². The molecule has 3 heterocycles. The van der Waals surface area contributed by atoms with Gasteiger partial charge in [-0.25, -0.2) is 9.18 Å². The number of hydrogen-bond acceptors (Lipinski definition) is 7. The van der Waals surface area contributed by atoms with E-state index in [1.807, 2.05) is 25.1 Å². The fraction of sp³-hybridized carbons (Fsp3) is 0.375. The second-order valence-electron chi connectivity index (χ2n) is 10.8. The normalized spacial score (nSPS) is 20.6. The summed E-state index contributed by atoms with van der Waals surface area (Å²) >= 11 is 6.03. The number of nitrogens with one attached hydrogen (secondary N) is 1. The summed E-state index contributed by atoms with van der Waals surface area (Å²) in [5.41, 5.74) is 3.49. The number of ether oxygens (including phenoxy) is 3. The largest absolute Gasteiger partial charge is 0.496 e. The first-order valence-electron chi connectivity index (χ1n) is 14.2. The van der Waals surface area contributed by atoms with Gasteiger partial charge in [0.25, 0.3) is 0 Å². The van der Waals surface area contributed by atoms with E-state index in [0.717, 1.165) is 5.56 Å². The molecule has 9 nitrogen and oxygen atoms in total. The molecular weight excluding hydrogens is 577 g/mol. The molecule has 2 aromatic carbocycles. The molecule has 0 unspecified atom stereocenters. The lowest BCUT2D eigenvalue weighted by Crippen LogP contribution is -2.42. The minimum Gasteiger partial charge on any atom is -0.496 e. The molecule has 5 rings (SSSR count). The number of anilines is 1. The van der Waals surface area contributed by atoms with Crippen molar-refractivity contribution in [3.05, 3.63) is 76.2 Å². The first-order valence-corrected chi connectivity index (χ1v) is 14.5. The molecule has 3 atom stereocenters. The van der Waals surface area contributed by atoms with Crippen LogP contribution in [0.4, 0.5) is 14.9 Å². The Balaban J connectivity index is 1.48. The Hall–Kier alpha value is -4.18. The smallest absolute Gasteiger partial charge is 0.410 e. The van der Waals surface area contributed by atoms with Crippen LogP contribution in [0.15, 0.2) is 48.7 Å². The van der Waals surface area contributed by atoms with Gasteiger partial charge in [0, 0.05) is 30.6 Å². The fourth-order valence-electron chi connectivity index (χ4n) is 5.68. The van der Waals surface area contributed by atoms with E-state index in [4.69, 9.17) is 25.8 Å². The highest BCUT2D eigenvalue weighted by molar-refractivity contribution is 6.30. The van der Waals surface area contributed by atoms with Gasteiger partial charge in [0.05, 0.1) is 48.6 Å². The van der Waals surface area contributed by atoms with Crippen molar-refractivity contribution in [2.75, 3.05) is 26.1 Å². The summed E-state index contributed by atoms with van der Waals surface area (Å²) in [4.78, 5) is 44.8. The Labute approximate surface area is 254 Å². The van der Waals surface area contributed by atoms with E-state index in [1.165, 1.54) is 20.3 Å². The van der Waals surface area contributed by atoms with Crippen molar-refractivity contribution in [1.82, 2.24) is 9.88 Å². The number of carbonyl (C=O) groups excluding carboxylic acids is 3. The molecule has 226 valence electrons. The number of cyclic esters (lactones) is 1. The van der Waals surface area contributed by atoms with Crippen molar-refractivity contribution in [1.29, 1.82) is 0 Å². The van der Waals surface area contributed by atoms with Crippen LogP contribution in [0.2, 0.25) is 5.02 Å². The third-order valence-corrected chi connectivity index (χ3v) is 8.34. The number of benzene rings is 2. The number of esters is 1. The van der Waals surface area contributed by atoms with Gasteiger partial charge in [-0.3, -0.25) is 14.6 Å². The standard InChI is InChI=1S/C32H33ClFN3O6/c1-18-5-4-6-25(37-14-12-27(43-32(37)40)29-26(41-2)10-9-22(33)30(29)34)20-11-13-35-23(17-20)21-8-7-19(16-28(38)42-3)15-24(21)36-31(18)39/h7-11,13,15,17-18,25,27H,4-6,12,14,16H2,1-3H3,(H,36,39)/t18-,25+,27-/m1/s1. The van der Waals surface area contributed by atoms with E-state index in [1.54, 1.807) is 29.3 Å². The van der Waals surface area contributed by atoms with Gasteiger partial charge in [-0.2, -0.15) is 0 Å². The molecule has 1 N–H and O–H groups in total. The van der Waals surface area contributed by atoms with Crippen molar-refractivity contribution < 1.29 is 33.0 Å². The molecule has 1 fully saturated rings. The first-order chi connectivity index (χ1) is 20.7. The molecule has 2 aliphatic rings. The number of hydrogen-bond donors (Lipinski definition) is 1. The number of aromatic nitrogens is 1. The molecule has 11 heteroatoms. The predicted molar refractivity (Wildman–Crippen MR) is 158 cm³/mol. The third kappa shape index (κ3) is 6.44. The summed E-state index contributed by atoms with van der Waals surface area (Å²) in [7, 11) is 2.75. The molecule has 0 saturated carbocycles. The van der Waals surface area contributed by atoms with Gasteiger partial charge in [-0.05, 0) is 54.3 Å². The SMILES string of the molecule is COC(=O)Cc1ccc2c(c1)NC(=O)[C@H](C)CCC[C@H](N1CC[C@H](c3c(OC)ccc(Cl)c3F)OC1=O)c1ccnc-2c1. The van der Waals surface area contributed by atoms with Crippen LogP contribution in [0, 0.1) is 11.7 Å². The molecular formula is C32H33ClFN3O6. The average Bonchev–Trinajstić information content (AvgIpc) is 3.00. The molecule has 0 radical (unpaired) electrons. The molecule has 0 aliphatic carbocycles. The van der Waals surface area contributed by atoms with Crippen LogP contribution < -0.4 is 10.1 Å². The Morgan fingerprint density at radius 1 is 1.14 bits per heavy atom. The molecule has 3 aromatic rings. The van der Waals surface area contributed by atoms with Gasteiger partial charge >= 0.3 is 12.1 Å². The summed E-state index contributed by atoms with van der Waals surface area (Å²) < 4.78 is 31.0. The van der Waals surface area contributed by atoms with Crippen LogP contribution in [0.3, 0.4) is 0 Å². The van der Waals surface area contributed by atoms with Crippen LogP contribution in [0.1, 0.15) is 61.4 Å². The van der Waals surface area contributed by atoms with Gasteiger partial charge in [0.1, 0.15) is 11.9 Å². The molecule has 0 spiro atoms. The quantitative estimate of drug-likeness (QED) is 0.323. The van der Waals surface area contributed by atoms with Crippen LogP contribution >= 0.6 is 11.6 Å². The molecule has 2 bridgehead atoms. The van der Waals surface area contributed by atoms with E-state index in [9.17, 15) is 14.4 Å². The number of methoxy groups -OCH3 is 2. The highest BCUT2D eigenvalue weighted by Gasteiger charge is 2.37. The monoisotopic (exact) mass is 609 g/mol. The number of fused-ring (bicyclic) bond motifs is 4. The van der Waals surface area contributed by atoms with Crippen molar-refractivity contribution in [2.45, 2.75) is 51.2 Å². The van der Waals surface area contributed by atoms with E-state index in [2.05, 4.69) is 10.3 Å². The van der Waals surface area contributed by atoms with Crippen molar-refractivity contribution in [2.24, 2.45) is 5.92 Å². The third-order valence-electron chi connectivity index (χ3n) is 8.05. The lowest BCUT2D eigenvalue weighted by molar-refractivity contribution is -0.139. The predicted octanol–water partition coefficient (Wildman–Crippen LogP) is 6.65. The van der Waals surface area contributed by atoms with Gasteiger partial charge in [0.2, 0.25) is 5.91 Å². The first kappa shape index (κ1) is 30.3. The highest BCUT2D eigenvalue weighted by Crippen LogP contribution is 2.41. The minimum atomic E-state index is -0.855. The van der Waals surface area contributed by atoms with Crippen LogP contribution in [-0.2, 0) is 25.5 Å². The Morgan fingerprint density at radius 3 is 2.70 bits per heavy atom. The maximum atomic E-state index is 15.0. The van der Waals surface area contributed by atoms with Crippen LogP contribution in [0.5, 0.6) is 5.75 Å². The maximum absolute atomic E-state index is 15.0. The zero-order valence-electron chi connectivity index (χ0n) is 24.2. The minimum absolute atomic E-state index is 0.0633. The summed E-state index contributed by atoms with van der Waals surface area (Å²) in [5.74, 6) is -1.25. The van der Waals surface area contributed by atoms with E-state index in [-0.39, 0.29) is 46.6 Å². The zero-order chi connectivity index (χ0) is 30.7. The van der Waals surface area contributed by atoms with E-state index < -0.39 is 18.0 Å². The topological polar surface area (TPSA) is 107 Å². The number of carbonyl (C=O) groups is 3. The van der Waals surface area contributed by atoms with Crippen molar-refractivity contribution in [3.63, 3.8) is 0 Å². The van der Waals surface area contributed by atoms with Crippen molar-refractivity contribution >= 4 is 35.3 Å². The van der Waals surface area contributed by atoms with Crippen LogP contribution in [0.25, 0.3) is 11.3 Å². The summed E-state index contributed by atoms with van der Waals surface area (Å²) in [5, 5.41) is 2.95. The summed E-state index contributed by atoms with van der Waals surface area (Å²) in [6, 6.07) is 11.7. The summed E-state index contributed by atoms with van der Waals surface area (Å²) in [6.45, 7) is 2.17. The number of pyridine rings is 1. The van der Waals surface area contributed by atoms with Crippen molar-refractivity contribution in [3.8, 4) is 17.0 Å². The number of rotatable bonds is 5. The molecule has 1 saturated heterocycles. The van der Waals surface area contributed by atoms with Crippen LogP contribution in [-0.4, -0.2) is 48.6 Å². The van der Waals surface area contributed by atoms with Gasteiger partial charge in [-0.15, -0.1) is 0 Å². The highest BCUT2D eigenvalue weighted by atomic mass is 35.5. The molecule has 2 amide bonds. The van der Waals surface area contributed by atoms with Gasteiger partial charge in [0.15, 0.2) is 5.82 Å². The Kier molecular flexibility index (Phi) is 9.15. The zero-order valence-corrected chi connectivity index (χ0v) is 24.9. The molecule has 1 aromatic heterocycles. The maximum Gasteiger partial charge on any atom is 0.410 e.